The summed E-state index contributed by atoms with van der Waals surface area (Å²) in [5.74, 6) is 0.358. The lowest BCUT2D eigenvalue weighted by Crippen LogP contribution is -2.42. The maximum absolute atomic E-state index is 11.6. The van der Waals surface area contributed by atoms with Crippen molar-refractivity contribution in [2.24, 2.45) is 0 Å². The van der Waals surface area contributed by atoms with Crippen LogP contribution in [0.4, 0.5) is 0 Å². The van der Waals surface area contributed by atoms with E-state index in [4.69, 9.17) is 20.9 Å². The molecule has 1 aromatic carbocycles. The van der Waals surface area contributed by atoms with Crippen molar-refractivity contribution in [1.29, 1.82) is 0 Å². The predicted molar refractivity (Wildman–Crippen MR) is 79.9 cm³/mol. The molecule has 6 heteroatoms. The van der Waals surface area contributed by atoms with Crippen molar-refractivity contribution in [2.45, 2.75) is 26.1 Å². The second-order valence-electron chi connectivity index (χ2n) is 5.06. The predicted octanol–water partition coefficient (Wildman–Crippen LogP) is 3.04. The number of halogens is 1. The molecular formula is C15H17ClN2O3. The molecule has 0 saturated heterocycles. The lowest BCUT2D eigenvalue weighted by atomic mass is 10.1. The largest absolute Gasteiger partial charge is 0.358 e. The van der Waals surface area contributed by atoms with Crippen LogP contribution in [0.2, 0.25) is 5.02 Å². The first kappa shape index (κ1) is 15.5. The van der Waals surface area contributed by atoms with Gasteiger partial charge in [-0.2, -0.15) is 0 Å². The molecule has 0 saturated carbocycles. The summed E-state index contributed by atoms with van der Waals surface area (Å²) in [6.45, 7) is 3.56. The third-order valence-corrected chi connectivity index (χ3v) is 3.30. The van der Waals surface area contributed by atoms with Crippen molar-refractivity contribution in [3.8, 4) is 11.3 Å². The number of hydrogen-bond donors (Lipinski definition) is 1. The van der Waals surface area contributed by atoms with Crippen LogP contribution in [0, 0.1) is 0 Å². The van der Waals surface area contributed by atoms with E-state index >= 15 is 0 Å². The highest BCUT2D eigenvalue weighted by molar-refractivity contribution is 6.30. The Morgan fingerprint density at radius 3 is 2.67 bits per heavy atom. The normalized spacial score (nSPS) is 11.4. The third-order valence-electron chi connectivity index (χ3n) is 3.05. The number of ether oxygens (including phenoxy) is 1. The summed E-state index contributed by atoms with van der Waals surface area (Å²) in [6, 6.07) is 9.08. The van der Waals surface area contributed by atoms with Gasteiger partial charge in [-0.25, -0.2) is 0 Å². The lowest BCUT2D eigenvalue weighted by Gasteiger charge is -2.22. The monoisotopic (exact) mass is 308 g/mol. The van der Waals surface area contributed by atoms with Crippen LogP contribution in [0.1, 0.15) is 19.6 Å². The Morgan fingerprint density at radius 1 is 1.38 bits per heavy atom. The molecule has 0 radical (unpaired) electrons. The molecule has 0 spiro atoms. The number of carbonyl (C=O) groups excluding carboxylic acids is 1. The molecule has 1 heterocycles. The minimum Gasteiger partial charge on any atom is -0.358 e. The number of benzene rings is 1. The van der Waals surface area contributed by atoms with E-state index < -0.39 is 5.60 Å². The number of amides is 1. The molecule has 0 atom stereocenters. The average Bonchev–Trinajstić information content (AvgIpc) is 2.94. The highest BCUT2D eigenvalue weighted by Gasteiger charge is 2.27. The van der Waals surface area contributed by atoms with Crippen molar-refractivity contribution >= 4 is 17.5 Å². The number of rotatable bonds is 5. The summed E-state index contributed by atoms with van der Waals surface area (Å²) in [6.07, 6.45) is 0. The highest BCUT2D eigenvalue weighted by atomic mass is 35.5. The van der Waals surface area contributed by atoms with Crippen molar-refractivity contribution in [2.75, 3.05) is 7.05 Å². The van der Waals surface area contributed by atoms with E-state index in [1.807, 2.05) is 12.1 Å². The van der Waals surface area contributed by atoms with E-state index in [9.17, 15) is 4.79 Å². The summed E-state index contributed by atoms with van der Waals surface area (Å²) < 4.78 is 10.8. The number of hydrogen-bond acceptors (Lipinski definition) is 4. The van der Waals surface area contributed by atoms with Crippen LogP contribution < -0.4 is 5.32 Å². The summed E-state index contributed by atoms with van der Waals surface area (Å²) in [4.78, 5) is 11.6. The van der Waals surface area contributed by atoms with Gasteiger partial charge in [0.2, 0.25) is 0 Å². The molecule has 0 aliphatic heterocycles. The molecule has 0 fully saturated rings. The second kappa shape index (κ2) is 6.28. The van der Waals surface area contributed by atoms with E-state index in [0.29, 0.717) is 16.5 Å². The zero-order valence-corrected chi connectivity index (χ0v) is 12.9. The zero-order valence-electron chi connectivity index (χ0n) is 12.1. The molecule has 21 heavy (non-hydrogen) atoms. The van der Waals surface area contributed by atoms with Gasteiger partial charge in [-0.1, -0.05) is 28.9 Å². The third kappa shape index (κ3) is 3.83. The number of nitrogens with one attached hydrogen (secondary N) is 1. The molecule has 5 nitrogen and oxygen atoms in total. The van der Waals surface area contributed by atoms with Crippen molar-refractivity contribution in [3.05, 3.63) is 41.1 Å². The Bertz CT molecular complexity index is 620. The van der Waals surface area contributed by atoms with Crippen LogP contribution in [0.5, 0.6) is 0 Å². The zero-order chi connectivity index (χ0) is 15.5. The van der Waals surface area contributed by atoms with Crippen LogP contribution in [-0.4, -0.2) is 23.7 Å². The Hall–Kier alpha value is -1.85. The molecule has 0 aliphatic rings. The van der Waals surface area contributed by atoms with E-state index in [2.05, 4.69) is 10.5 Å². The van der Waals surface area contributed by atoms with Gasteiger partial charge in [0.15, 0.2) is 5.76 Å². The minimum absolute atomic E-state index is 0.168. The van der Waals surface area contributed by atoms with Gasteiger partial charge in [0.1, 0.15) is 17.9 Å². The van der Waals surface area contributed by atoms with Gasteiger partial charge in [-0.05, 0) is 26.0 Å². The first-order valence-corrected chi connectivity index (χ1v) is 6.88. The highest BCUT2D eigenvalue weighted by Crippen LogP contribution is 2.22. The van der Waals surface area contributed by atoms with Gasteiger partial charge in [-0.15, -0.1) is 0 Å². The maximum Gasteiger partial charge on any atom is 0.251 e. The van der Waals surface area contributed by atoms with Crippen molar-refractivity contribution in [1.82, 2.24) is 10.5 Å². The molecule has 112 valence electrons. The molecule has 0 bridgehead atoms. The lowest BCUT2D eigenvalue weighted by molar-refractivity contribution is -0.144. The van der Waals surface area contributed by atoms with Gasteiger partial charge in [0, 0.05) is 23.7 Å². The average molecular weight is 309 g/mol. The summed E-state index contributed by atoms with van der Waals surface area (Å²) >= 11 is 5.85. The molecule has 0 aliphatic carbocycles. The molecule has 1 aromatic heterocycles. The molecule has 1 N–H and O–H groups in total. The van der Waals surface area contributed by atoms with Gasteiger partial charge < -0.3 is 14.6 Å². The number of likely N-dealkylation sites (N-methyl/N-ethyl adjacent to an activating group) is 1. The molecule has 2 rings (SSSR count). The number of nitrogens with zero attached hydrogens (tertiary/aromatic N) is 1. The SMILES string of the molecule is CNC(=O)C(C)(C)OCc1cc(-c2ccc(Cl)cc2)no1. The Balaban J connectivity index is 2.04. The Labute approximate surface area is 128 Å². The molecular weight excluding hydrogens is 292 g/mol. The van der Waals surface area contributed by atoms with Gasteiger partial charge in [0.05, 0.1) is 0 Å². The maximum atomic E-state index is 11.6. The van der Waals surface area contributed by atoms with Gasteiger partial charge >= 0.3 is 0 Å². The van der Waals surface area contributed by atoms with Crippen molar-refractivity contribution in [3.63, 3.8) is 0 Å². The van der Waals surface area contributed by atoms with Crippen LogP contribution in [0.3, 0.4) is 0 Å². The second-order valence-corrected chi connectivity index (χ2v) is 5.50. The van der Waals surface area contributed by atoms with Crippen LogP contribution in [0.25, 0.3) is 11.3 Å². The van der Waals surface area contributed by atoms with E-state index in [-0.39, 0.29) is 12.5 Å². The van der Waals surface area contributed by atoms with Crippen LogP contribution in [0.15, 0.2) is 34.9 Å². The smallest absolute Gasteiger partial charge is 0.251 e. The molecule has 0 unspecified atom stereocenters. The van der Waals surface area contributed by atoms with Crippen LogP contribution >= 0.6 is 11.6 Å². The van der Waals surface area contributed by atoms with E-state index in [0.717, 1.165) is 5.56 Å². The first-order chi connectivity index (χ1) is 9.92. The summed E-state index contributed by atoms with van der Waals surface area (Å²) in [7, 11) is 1.57. The summed E-state index contributed by atoms with van der Waals surface area (Å²) in [5, 5.41) is 7.20. The fraction of sp³-hybridized carbons (Fsp3) is 0.333. The Morgan fingerprint density at radius 2 is 2.05 bits per heavy atom. The van der Waals surface area contributed by atoms with Gasteiger partial charge in [-0.3, -0.25) is 4.79 Å². The molecule has 2 aromatic rings. The standard InChI is InChI=1S/C15H17ClN2O3/c1-15(2,14(19)17-3)20-9-12-8-13(18-21-12)10-4-6-11(16)7-5-10/h4-8H,9H2,1-3H3,(H,17,19). The van der Waals surface area contributed by atoms with Crippen LogP contribution in [-0.2, 0) is 16.1 Å². The quantitative estimate of drug-likeness (QED) is 0.922. The number of aromatic nitrogens is 1. The van der Waals surface area contributed by atoms with Gasteiger partial charge in [0.25, 0.3) is 5.91 Å². The number of carbonyl (C=O) groups is 1. The topological polar surface area (TPSA) is 64.4 Å². The Kier molecular flexibility index (Phi) is 4.65. The van der Waals surface area contributed by atoms with E-state index in [1.54, 1.807) is 39.1 Å². The minimum atomic E-state index is -0.929. The molecule has 1 amide bonds. The fourth-order valence-corrected chi connectivity index (χ4v) is 1.88. The van der Waals surface area contributed by atoms with Crippen molar-refractivity contribution < 1.29 is 14.1 Å². The fourth-order valence-electron chi connectivity index (χ4n) is 1.76. The van der Waals surface area contributed by atoms with E-state index in [1.165, 1.54) is 0 Å². The summed E-state index contributed by atoms with van der Waals surface area (Å²) in [5.41, 5.74) is 0.671. The first-order valence-electron chi connectivity index (χ1n) is 6.50.